The Hall–Kier alpha value is -2.03. The highest BCUT2D eigenvalue weighted by atomic mass is 16.4. The zero-order valence-corrected chi connectivity index (χ0v) is 9.27. The van der Waals surface area contributed by atoms with Crippen molar-refractivity contribution in [3.8, 4) is 11.1 Å². The van der Waals surface area contributed by atoms with Crippen molar-refractivity contribution in [2.24, 2.45) is 7.05 Å². The highest BCUT2D eigenvalue weighted by Crippen LogP contribution is 2.24. The van der Waals surface area contributed by atoms with E-state index in [1.807, 2.05) is 44.4 Å². The molecule has 0 aliphatic carbocycles. The topological polar surface area (TPSA) is 42.2 Å². The maximum absolute atomic E-state index is 11.1. The van der Waals surface area contributed by atoms with Crippen LogP contribution in [0.1, 0.15) is 15.9 Å². The van der Waals surface area contributed by atoms with Crippen molar-refractivity contribution in [3.63, 3.8) is 0 Å². The average molecular weight is 215 g/mol. The molecule has 0 saturated carbocycles. The Kier molecular flexibility index (Phi) is 2.52. The second kappa shape index (κ2) is 3.85. The summed E-state index contributed by atoms with van der Waals surface area (Å²) in [4.78, 5) is 11.1. The van der Waals surface area contributed by atoms with Gasteiger partial charge in [-0.25, -0.2) is 4.79 Å². The quantitative estimate of drug-likeness (QED) is 0.836. The van der Waals surface area contributed by atoms with E-state index >= 15 is 0 Å². The molecule has 2 rings (SSSR count). The third-order valence-corrected chi connectivity index (χ3v) is 2.55. The van der Waals surface area contributed by atoms with E-state index in [0.717, 1.165) is 16.7 Å². The number of aryl methyl sites for hydroxylation is 2. The number of hydrogen-bond acceptors (Lipinski definition) is 1. The number of carbonyl (C=O) groups is 1. The minimum atomic E-state index is -0.892. The van der Waals surface area contributed by atoms with E-state index in [2.05, 4.69) is 0 Å². The summed E-state index contributed by atoms with van der Waals surface area (Å²) < 4.78 is 1.76. The van der Waals surface area contributed by atoms with Gasteiger partial charge in [-0.15, -0.1) is 0 Å². The molecular weight excluding hydrogens is 202 g/mol. The van der Waals surface area contributed by atoms with E-state index in [4.69, 9.17) is 5.11 Å². The molecule has 1 N–H and O–H groups in total. The molecular formula is C13H13NO2. The van der Waals surface area contributed by atoms with Gasteiger partial charge >= 0.3 is 5.97 Å². The molecule has 1 heterocycles. The van der Waals surface area contributed by atoms with Crippen LogP contribution in [0.3, 0.4) is 0 Å². The zero-order chi connectivity index (χ0) is 11.7. The number of carboxylic acid groups (broad SMARTS) is 1. The van der Waals surface area contributed by atoms with E-state index in [-0.39, 0.29) is 0 Å². The Morgan fingerprint density at radius 3 is 2.38 bits per heavy atom. The molecule has 16 heavy (non-hydrogen) atoms. The van der Waals surface area contributed by atoms with Gasteiger partial charge in [-0.05, 0) is 12.5 Å². The van der Waals surface area contributed by atoms with E-state index < -0.39 is 5.97 Å². The molecule has 0 bridgehead atoms. The Morgan fingerprint density at radius 1 is 1.19 bits per heavy atom. The van der Waals surface area contributed by atoms with E-state index in [9.17, 15) is 4.79 Å². The fourth-order valence-corrected chi connectivity index (χ4v) is 1.72. The lowest BCUT2D eigenvalue weighted by Crippen LogP contribution is -1.96. The van der Waals surface area contributed by atoms with Crippen molar-refractivity contribution < 1.29 is 9.90 Å². The monoisotopic (exact) mass is 215 g/mol. The van der Waals surface area contributed by atoms with E-state index in [0.29, 0.717) is 5.56 Å². The predicted molar refractivity (Wildman–Crippen MR) is 62.5 cm³/mol. The fraction of sp³-hybridized carbons (Fsp3) is 0.154. The van der Waals surface area contributed by atoms with Gasteiger partial charge in [0, 0.05) is 25.0 Å². The number of benzene rings is 1. The summed E-state index contributed by atoms with van der Waals surface area (Å²) in [6.07, 6.45) is 3.45. The van der Waals surface area contributed by atoms with Crippen LogP contribution in [0.5, 0.6) is 0 Å². The summed E-state index contributed by atoms with van der Waals surface area (Å²) in [6, 6.07) is 7.84. The molecule has 3 heteroatoms. The number of carboxylic acids is 1. The first kappa shape index (κ1) is 10.5. The lowest BCUT2D eigenvalue weighted by molar-refractivity contribution is 0.0697. The van der Waals surface area contributed by atoms with E-state index in [1.54, 1.807) is 10.8 Å². The second-order valence-electron chi connectivity index (χ2n) is 3.92. The van der Waals surface area contributed by atoms with Crippen LogP contribution >= 0.6 is 0 Å². The van der Waals surface area contributed by atoms with Crippen LogP contribution in [0.15, 0.2) is 36.7 Å². The van der Waals surface area contributed by atoms with Gasteiger partial charge in [0.25, 0.3) is 0 Å². The minimum Gasteiger partial charge on any atom is -0.478 e. The van der Waals surface area contributed by atoms with Gasteiger partial charge in [0.2, 0.25) is 0 Å². The zero-order valence-electron chi connectivity index (χ0n) is 9.27. The van der Waals surface area contributed by atoms with Crippen molar-refractivity contribution in [2.45, 2.75) is 6.92 Å². The molecule has 2 aromatic rings. The van der Waals surface area contributed by atoms with Crippen LogP contribution in [0.25, 0.3) is 11.1 Å². The molecule has 1 aromatic carbocycles. The van der Waals surface area contributed by atoms with Crippen molar-refractivity contribution in [3.05, 3.63) is 47.8 Å². The summed E-state index contributed by atoms with van der Waals surface area (Å²) in [5.41, 5.74) is 3.20. The molecule has 0 atom stereocenters. The third kappa shape index (κ3) is 1.84. The average Bonchev–Trinajstić information content (AvgIpc) is 2.61. The van der Waals surface area contributed by atoms with Crippen LogP contribution in [0.2, 0.25) is 0 Å². The molecule has 0 saturated heterocycles. The first-order valence-electron chi connectivity index (χ1n) is 5.04. The van der Waals surface area contributed by atoms with Gasteiger partial charge in [-0.3, -0.25) is 0 Å². The summed E-state index contributed by atoms with van der Waals surface area (Å²) in [5, 5.41) is 9.08. The highest BCUT2D eigenvalue weighted by Gasteiger charge is 2.13. The number of nitrogens with zero attached hydrogens (tertiary/aromatic N) is 1. The van der Waals surface area contributed by atoms with Gasteiger partial charge in [0.05, 0.1) is 5.56 Å². The molecule has 0 unspecified atom stereocenters. The Bertz CT molecular complexity index is 523. The van der Waals surface area contributed by atoms with Crippen molar-refractivity contribution >= 4 is 5.97 Å². The third-order valence-electron chi connectivity index (χ3n) is 2.55. The van der Waals surface area contributed by atoms with Gasteiger partial charge < -0.3 is 9.67 Å². The van der Waals surface area contributed by atoms with Gasteiger partial charge in [0.1, 0.15) is 0 Å². The SMILES string of the molecule is Cc1ccc(-c2cn(C)cc2C(=O)O)cc1. The fourth-order valence-electron chi connectivity index (χ4n) is 1.72. The van der Waals surface area contributed by atoms with Crippen LogP contribution < -0.4 is 0 Å². The van der Waals surface area contributed by atoms with Gasteiger partial charge in [0.15, 0.2) is 0 Å². The smallest absolute Gasteiger partial charge is 0.337 e. The molecule has 3 nitrogen and oxygen atoms in total. The maximum atomic E-state index is 11.1. The number of rotatable bonds is 2. The van der Waals surface area contributed by atoms with Crippen molar-refractivity contribution in [1.29, 1.82) is 0 Å². The molecule has 0 aliphatic heterocycles. The number of aromatic carboxylic acids is 1. The maximum Gasteiger partial charge on any atom is 0.337 e. The normalized spacial score (nSPS) is 10.4. The molecule has 0 fully saturated rings. The Morgan fingerprint density at radius 2 is 1.81 bits per heavy atom. The molecule has 0 amide bonds. The molecule has 82 valence electrons. The van der Waals surface area contributed by atoms with Crippen LogP contribution in [-0.4, -0.2) is 15.6 Å². The highest BCUT2D eigenvalue weighted by molar-refractivity contribution is 5.95. The lowest BCUT2D eigenvalue weighted by Gasteiger charge is -2.00. The van der Waals surface area contributed by atoms with E-state index in [1.165, 1.54) is 0 Å². The van der Waals surface area contributed by atoms with Gasteiger partial charge in [-0.1, -0.05) is 29.8 Å². The second-order valence-corrected chi connectivity index (χ2v) is 3.92. The summed E-state index contributed by atoms with van der Waals surface area (Å²) in [5.74, 6) is -0.892. The van der Waals surface area contributed by atoms with Crippen LogP contribution in [-0.2, 0) is 7.05 Å². The Labute approximate surface area is 94.0 Å². The summed E-state index contributed by atoms with van der Waals surface area (Å²) in [7, 11) is 1.82. The molecule has 1 aromatic heterocycles. The van der Waals surface area contributed by atoms with Crippen molar-refractivity contribution in [1.82, 2.24) is 4.57 Å². The van der Waals surface area contributed by atoms with Crippen LogP contribution in [0.4, 0.5) is 0 Å². The summed E-state index contributed by atoms with van der Waals surface area (Å²) >= 11 is 0. The number of hydrogen-bond donors (Lipinski definition) is 1. The first-order chi connectivity index (χ1) is 7.58. The molecule has 0 aliphatic rings. The number of aromatic nitrogens is 1. The predicted octanol–water partition coefficient (Wildman–Crippen LogP) is 2.70. The van der Waals surface area contributed by atoms with Gasteiger partial charge in [-0.2, -0.15) is 0 Å². The molecule has 0 spiro atoms. The standard InChI is InChI=1S/C13H13NO2/c1-9-3-5-10(6-4-9)11-7-14(2)8-12(11)13(15)16/h3-8H,1-2H3,(H,15,16). The lowest BCUT2D eigenvalue weighted by atomic mass is 10.0. The first-order valence-corrected chi connectivity index (χ1v) is 5.04. The molecule has 0 radical (unpaired) electrons. The minimum absolute atomic E-state index is 0.339. The Balaban J connectivity index is 2.55. The van der Waals surface area contributed by atoms with Crippen molar-refractivity contribution in [2.75, 3.05) is 0 Å². The van der Waals surface area contributed by atoms with Crippen LogP contribution in [0, 0.1) is 6.92 Å². The summed E-state index contributed by atoms with van der Waals surface area (Å²) in [6.45, 7) is 2.01. The largest absolute Gasteiger partial charge is 0.478 e.